The predicted octanol–water partition coefficient (Wildman–Crippen LogP) is 4.23. The molecule has 0 saturated carbocycles. The van der Waals surface area contributed by atoms with Crippen LogP contribution in [0, 0.1) is 6.92 Å². The van der Waals surface area contributed by atoms with Crippen molar-refractivity contribution in [3.63, 3.8) is 0 Å². The molecule has 0 aliphatic heterocycles. The van der Waals surface area contributed by atoms with E-state index in [0.29, 0.717) is 0 Å². The number of methoxy groups -OCH3 is 2. The molecule has 0 amide bonds. The smallest absolute Gasteiger partial charge is 0.121 e. The fourth-order valence-electron chi connectivity index (χ4n) is 2.55. The van der Waals surface area contributed by atoms with Gasteiger partial charge in [0.2, 0.25) is 0 Å². The molecule has 3 rings (SSSR count). The highest BCUT2D eigenvalue weighted by atomic mass is 16.5. The minimum atomic E-state index is 0.818. The van der Waals surface area contributed by atoms with E-state index in [1.54, 1.807) is 14.2 Å². The quantitative estimate of drug-likeness (QED) is 0.719. The van der Waals surface area contributed by atoms with Crippen LogP contribution in [0.1, 0.15) is 5.56 Å². The van der Waals surface area contributed by atoms with E-state index >= 15 is 0 Å². The van der Waals surface area contributed by atoms with Crippen molar-refractivity contribution in [3.05, 3.63) is 54.2 Å². The number of pyridine rings is 1. The summed E-state index contributed by atoms with van der Waals surface area (Å²) in [5.74, 6) is 1.72. The first-order valence-corrected chi connectivity index (χ1v) is 6.80. The SMILES string of the molecule is COc1ccc2c(-c3ccc(OC)c(C)c3)ccnc2c1. The molecular weight excluding hydrogens is 262 g/mol. The number of fused-ring (bicyclic) bond motifs is 1. The average Bonchev–Trinajstić information content (AvgIpc) is 2.53. The highest BCUT2D eigenvalue weighted by molar-refractivity contribution is 5.95. The van der Waals surface area contributed by atoms with Gasteiger partial charge in [-0.2, -0.15) is 0 Å². The average molecular weight is 279 g/mol. The van der Waals surface area contributed by atoms with E-state index in [2.05, 4.69) is 30.1 Å². The van der Waals surface area contributed by atoms with Crippen molar-refractivity contribution in [1.29, 1.82) is 0 Å². The third kappa shape index (κ3) is 2.42. The second-order valence-electron chi connectivity index (χ2n) is 4.93. The Bertz CT molecular complexity index is 796. The fourth-order valence-corrected chi connectivity index (χ4v) is 2.55. The van der Waals surface area contributed by atoms with Crippen LogP contribution in [0.25, 0.3) is 22.0 Å². The predicted molar refractivity (Wildman–Crippen MR) is 85.0 cm³/mol. The molecule has 1 aromatic heterocycles. The molecule has 0 atom stereocenters. The van der Waals surface area contributed by atoms with Gasteiger partial charge in [-0.3, -0.25) is 4.98 Å². The topological polar surface area (TPSA) is 31.4 Å². The Morgan fingerprint density at radius 1 is 0.905 bits per heavy atom. The summed E-state index contributed by atoms with van der Waals surface area (Å²) in [6.45, 7) is 2.05. The van der Waals surface area contributed by atoms with Gasteiger partial charge in [-0.1, -0.05) is 6.07 Å². The van der Waals surface area contributed by atoms with E-state index in [9.17, 15) is 0 Å². The van der Waals surface area contributed by atoms with Gasteiger partial charge in [0.15, 0.2) is 0 Å². The molecule has 0 bridgehead atoms. The molecular formula is C18H17NO2. The molecule has 21 heavy (non-hydrogen) atoms. The molecule has 0 saturated heterocycles. The Morgan fingerprint density at radius 3 is 2.48 bits per heavy atom. The van der Waals surface area contributed by atoms with Crippen LogP contribution in [0.5, 0.6) is 11.5 Å². The van der Waals surface area contributed by atoms with E-state index in [1.807, 2.05) is 30.5 Å². The number of nitrogens with zero attached hydrogens (tertiary/aromatic N) is 1. The van der Waals surface area contributed by atoms with Gasteiger partial charge >= 0.3 is 0 Å². The van der Waals surface area contributed by atoms with Gasteiger partial charge in [0.25, 0.3) is 0 Å². The van der Waals surface area contributed by atoms with Crippen molar-refractivity contribution in [2.45, 2.75) is 6.92 Å². The summed E-state index contributed by atoms with van der Waals surface area (Å²) in [4.78, 5) is 4.43. The van der Waals surface area contributed by atoms with Gasteiger partial charge in [-0.05, 0) is 53.9 Å². The fraction of sp³-hybridized carbons (Fsp3) is 0.167. The number of benzene rings is 2. The zero-order valence-corrected chi connectivity index (χ0v) is 12.4. The first-order chi connectivity index (χ1) is 10.2. The van der Waals surface area contributed by atoms with E-state index in [0.717, 1.165) is 39.1 Å². The molecule has 2 aromatic carbocycles. The molecule has 0 fully saturated rings. The molecule has 3 aromatic rings. The van der Waals surface area contributed by atoms with Crippen LogP contribution in [0.3, 0.4) is 0 Å². The highest BCUT2D eigenvalue weighted by Crippen LogP contribution is 2.32. The maximum absolute atomic E-state index is 5.32. The highest BCUT2D eigenvalue weighted by Gasteiger charge is 2.07. The second-order valence-corrected chi connectivity index (χ2v) is 4.93. The largest absolute Gasteiger partial charge is 0.497 e. The van der Waals surface area contributed by atoms with Crippen molar-refractivity contribution in [2.75, 3.05) is 14.2 Å². The van der Waals surface area contributed by atoms with E-state index < -0.39 is 0 Å². The third-order valence-electron chi connectivity index (χ3n) is 3.66. The first kappa shape index (κ1) is 13.4. The van der Waals surface area contributed by atoms with Crippen molar-refractivity contribution >= 4 is 10.9 Å². The Labute approximate surface area is 124 Å². The minimum absolute atomic E-state index is 0.818. The van der Waals surface area contributed by atoms with Crippen LogP contribution in [0.15, 0.2) is 48.7 Å². The summed E-state index contributed by atoms with van der Waals surface area (Å²) < 4.78 is 10.6. The van der Waals surface area contributed by atoms with Crippen LogP contribution in [0.4, 0.5) is 0 Å². The molecule has 1 heterocycles. The lowest BCUT2D eigenvalue weighted by atomic mass is 9.99. The maximum atomic E-state index is 5.32. The third-order valence-corrected chi connectivity index (χ3v) is 3.66. The van der Waals surface area contributed by atoms with E-state index in [4.69, 9.17) is 9.47 Å². The van der Waals surface area contributed by atoms with Gasteiger partial charge in [0.1, 0.15) is 11.5 Å². The zero-order valence-electron chi connectivity index (χ0n) is 12.4. The van der Waals surface area contributed by atoms with Crippen molar-refractivity contribution < 1.29 is 9.47 Å². The van der Waals surface area contributed by atoms with Crippen LogP contribution in [-0.2, 0) is 0 Å². The lowest BCUT2D eigenvalue weighted by molar-refractivity contribution is 0.412. The Hall–Kier alpha value is -2.55. The van der Waals surface area contributed by atoms with Crippen LogP contribution < -0.4 is 9.47 Å². The molecule has 106 valence electrons. The summed E-state index contributed by atoms with van der Waals surface area (Å²) in [5.41, 5.74) is 4.37. The second kappa shape index (κ2) is 5.44. The Morgan fingerprint density at radius 2 is 1.76 bits per heavy atom. The standard InChI is InChI=1S/C18H17NO2/c1-12-10-13(4-7-18(12)21-3)15-8-9-19-17-11-14(20-2)5-6-16(15)17/h4-11H,1-3H3. The zero-order chi connectivity index (χ0) is 14.8. The number of rotatable bonds is 3. The maximum Gasteiger partial charge on any atom is 0.121 e. The normalized spacial score (nSPS) is 10.6. The van der Waals surface area contributed by atoms with Crippen LogP contribution in [-0.4, -0.2) is 19.2 Å². The van der Waals surface area contributed by atoms with E-state index in [-0.39, 0.29) is 0 Å². The lowest BCUT2D eigenvalue weighted by Crippen LogP contribution is -1.90. The van der Waals surface area contributed by atoms with Crippen LogP contribution >= 0.6 is 0 Å². The monoisotopic (exact) mass is 279 g/mol. The van der Waals surface area contributed by atoms with Crippen molar-refractivity contribution in [1.82, 2.24) is 4.98 Å². The van der Waals surface area contributed by atoms with Crippen molar-refractivity contribution in [2.24, 2.45) is 0 Å². The first-order valence-electron chi connectivity index (χ1n) is 6.80. The minimum Gasteiger partial charge on any atom is -0.497 e. The summed E-state index contributed by atoms with van der Waals surface area (Å²) >= 11 is 0. The number of hydrogen-bond acceptors (Lipinski definition) is 3. The van der Waals surface area contributed by atoms with Gasteiger partial charge < -0.3 is 9.47 Å². The Kier molecular flexibility index (Phi) is 3.48. The summed E-state index contributed by atoms with van der Waals surface area (Å²) in [7, 11) is 3.36. The van der Waals surface area contributed by atoms with E-state index in [1.165, 1.54) is 0 Å². The molecule has 0 aliphatic carbocycles. The summed E-state index contributed by atoms with van der Waals surface area (Å²) in [5, 5.41) is 1.11. The molecule has 0 N–H and O–H groups in total. The van der Waals surface area contributed by atoms with Gasteiger partial charge in [0.05, 0.1) is 19.7 Å². The van der Waals surface area contributed by atoms with Gasteiger partial charge in [0, 0.05) is 17.6 Å². The summed E-state index contributed by atoms with van der Waals surface area (Å²) in [6.07, 6.45) is 1.83. The Balaban J connectivity index is 2.18. The molecule has 0 aliphatic rings. The number of aryl methyl sites for hydroxylation is 1. The molecule has 3 heteroatoms. The van der Waals surface area contributed by atoms with Crippen molar-refractivity contribution in [3.8, 4) is 22.6 Å². The lowest BCUT2D eigenvalue weighted by Gasteiger charge is -2.10. The molecule has 0 radical (unpaired) electrons. The van der Waals surface area contributed by atoms with Gasteiger partial charge in [-0.25, -0.2) is 0 Å². The number of ether oxygens (including phenoxy) is 2. The molecule has 0 spiro atoms. The summed E-state index contributed by atoms with van der Waals surface area (Å²) in [6, 6.07) is 14.2. The van der Waals surface area contributed by atoms with Crippen LogP contribution in [0.2, 0.25) is 0 Å². The molecule has 3 nitrogen and oxygen atoms in total. The van der Waals surface area contributed by atoms with Gasteiger partial charge in [-0.15, -0.1) is 0 Å². The number of hydrogen-bond donors (Lipinski definition) is 0. The number of aromatic nitrogens is 1. The molecule has 0 unspecified atom stereocenters.